The second-order valence-electron chi connectivity index (χ2n) is 7.35. The Morgan fingerprint density at radius 1 is 0.731 bits per heavy atom. The summed E-state index contributed by atoms with van der Waals surface area (Å²) >= 11 is 9.63. The van der Waals surface area contributed by atoms with Gasteiger partial charge in [0, 0.05) is 0 Å². The van der Waals surface area contributed by atoms with Gasteiger partial charge in [-0.3, -0.25) is 0 Å². The number of rotatable bonds is 19. The fourth-order valence-electron chi connectivity index (χ4n) is 3.27. The van der Waals surface area contributed by atoms with E-state index in [2.05, 4.69) is 13.8 Å². The molecule has 0 amide bonds. The van der Waals surface area contributed by atoms with Gasteiger partial charge in [-0.15, -0.1) is 17.5 Å². The van der Waals surface area contributed by atoms with Crippen molar-refractivity contribution in [3.05, 3.63) is 0 Å². The Kier molecular flexibility index (Phi) is 24.3. The zero-order valence-electron chi connectivity index (χ0n) is 17.4. The van der Waals surface area contributed by atoms with Crippen LogP contribution >= 0.6 is 5.69 Å². The summed E-state index contributed by atoms with van der Waals surface area (Å²) in [5.74, 6) is 0. The van der Waals surface area contributed by atoms with Gasteiger partial charge in [0.2, 0.25) is 0 Å². The van der Waals surface area contributed by atoms with Crippen molar-refractivity contribution in [2.75, 3.05) is 0 Å². The summed E-state index contributed by atoms with van der Waals surface area (Å²) in [5, 5.41) is 0. The third kappa shape index (κ3) is 23.6. The summed E-state index contributed by atoms with van der Waals surface area (Å²) in [6.45, 7) is 4.49. The van der Waals surface area contributed by atoms with Crippen LogP contribution in [0.4, 0.5) is 0 Å². The number of unbranched alkanes of at least 4 members (excludes halogenated alkanes) is 13. The molecule has 0 heterocycles. The average Bonchev–Trinajstić information content (AvgIpc) is 2.55. The standard InChI is InChI=1S/C20H43O2PS2.Zn/c1-3-5-7-9-11-12-13-15-17-19-20(22-23(21,24)25)18-16-14-10-8-6-4-2;/h20H,3-19H2,1-2H3,(H2,21,24,25);/q;+2/p-2. The molecule has 0 aromatic carbocycles. The molecule has 0 aliphatic heterocycles. The third-order valence-corrected chi connectivity index (χ3v) is 5.86. The molecule has 0 aliphatic carbocycles. The maximum absolute atomic E-state index is 11.7. The summed E-state index contributed by atoms with van der Waals surface area (Å²) in [6.07, 6.45) is 21.4. The molecule has 0 saturated carbocycles. The van der Waals surface area contributed by atoms with Gasteiger partial charge in [-0.25, -0.2) is 0 Å². The minimum atomic E-state index is -3.20. The maximum atomic E-state index is 11.7. The van der Waals surface area contributed by atoms with Gasteiger partial charge in [0.25, 0.3) is 0 Å². The Morgan fingerprint density at radius 2 is 1.04 bits per heavy atom. The van der Waals surface area contributed by atoms with E-state index in [4.69, 9.17) is 28.6 Å². The van der Waals surface area contributed by atoms with Gasteiger partial charge in [-0.2, -0.15) is 0 Å². The van der Waals surface area contributed by atoms with Crippen LogP contribution in [0.15, 0.2) is 0 Å². The van der Waals surface area contributed by atoms with E-state index in [0.717, 1.165) is 25.7 Å². The molecule has 26 heavy (non-hydrogen) atoms. The van der Waals surface area contributed by atoms with Crippen molar-refractivity contribution < 1.29 is 28.9 Å². The number of hydrogen-bond donors (Lipinski definition) is 0. The summed E-state index contributed by atoms with van der Waals surface area (Å²) in [5.41, 5.74) is -3.20. The topological polar surface area (TPSA) is 32.3 Å². The van der Waals surface area contributed by atoms with Crippen LogP contribution in [-0.4, -0.2) is 6.10 Å². The van der Waals surface area contributed by atoms with Crippen molar-refractivity contribution in [1.29, 1.82) is 0 Å². The number of hydrogen-bond acceptors (Lipinski definition) is 4. The molecule has 0 spiro atoms. The van der Waals surface area contributed by atoms with Crippen LogP contribution in [0.5, 0.6) is 0 Å². The first-order chi connectivity index (χ1) is 12.0. The molecule has 2 unspecified atom stereocenters. The van der Waals surface area contributed by atoms with Crippen LogP contribution in [-0.2, 0) is 48.1 Å². The smallest absolute Gasteiger partial charge is 0.819 e. The predicted molar refractivity (Wildman–Crippen MR) is 116 cm³/mol. The molecular formula is C20H41O2PS2Zn. The van der Waals surface area contributed by atoms with Crippen LogP contribution in [0.2, 0.25) is 0 Å². The molecule has 0 saturated heterocycles. The minimum absolute atomic E-state index is 0. The second kappa shape index (κ2) is 21.3. The molecular weight excluding hydrogens is 433 g/mol. The first-order valence-electron chi connectivity index (χ1n) is 10.7. The fraction of sp³-hybridized carbons (Fsp3) is 1.00. The van der Waals surface area contributed by atoms with E-state index >= 15 is 0 Å². The molecule has 0 rings (SSSR count). The Hall–Kier alpha value is 1.54. The largest absolute Gasteiger partial charge is 2.00 e. The summed E-state index contributed by atoms with van der Waals surface area (Å²) in [6, 6.07) is 0. The Morgan fingerprint density at radius 3 is 1.35 bits per heavy atom. The zero-order valence-corrected chi connectivity index (χ0v) is 22.9. The van der Waals surface area contributed by atoms with E-state index in [1.807, 2.05) is 0 Å². The zero-order chi connectivity index (χ0) is 18.8. The van der Waals surface area contributed by atoms with E-state index < -0.39 is 5.69 Å². The van der Waals surface area contributed by atoms with E-state index in [1.165, 1.54) is 83.5 Å². The molecule has 152 valence electrons. The van der Waals surface area contributed by atoms with Crippen molar-refractivity contribution in [2.45, 2.75) is 129 Å². The van der Waals surface area contributed by atoms with Crippen molar-refractivity contribution in [3.63, 3.8) is 0 Å². The predicted octanol–water partition coefficient (Wildman–Crippen LogP) is 7.17. The minimum Gasteiger partial charge on any atom is -0.819 e. The molecule has 0 N–H and O–H groups in total. The molecule has 0 aromatic rings. The van der Waals surface area contributed by atoms with Crippen LogP contribution < -0.4 is 4.89 Å². The van der Waals surface area contributed by atoms with E-state index in [1.54, 1.807) is 0 Å². The average molecular weight is 474 g/mol. The molecule has 2 nitrogen and oxygen atoms in total. The van der Waals surface area contributed by atoms with Gasteiger partial charge in [-0.05, 0) is 12.8 Å². The van der Waals surface area contributed by atoms with Gasteiger partial charge in [0.1, 0.15) is 0 Å². The first-order valence-corrected chi connectivity index (χ1v) is 14.3. The Balaban J connectivity index is 0. The SMILES string of the molecule is CCCCCCCCCCCC(CCCCCCCC)OP([O-])(=S)[S-].[Zn+2]. The van der Waals surface area contributed by atoms with Crippen LogP contribution in [0, 0.1) is 0 Å². The van der Waals surface area contributed by atoms with Gasteiger partial charge in [-0.1, -0.05) is 110 Å². The quantitative estimate of drug-likeness (QED) is 0.0861. The normalized spacial score (nSPS) is 14.6. The molecule has 0 aromatic heterocycles. The van der Waals surface area contributed by atoms with Crippen molar-refractivity contribution >= 4 is 29.7 Å². The molecule has 0 radical (unpaired) electrons. The summed E-state index contributed by atoms with van der Waals surface area (Å²) in [7, 11) is 0. The fourth-order valence-corrected chi connectivity index (χ4v) is 4.57. The van der Waals surface area contributed by atoms with Crippen LogP contribution in [0.1, 0.15) is 123 Å². The summed E-state index contributed by atoms with van der Waals surface area (Å²) < 4.78 is 5.52. The molecule has 0 aliphatic rings. The Bertz CT molecular complexity index is 327. The first kappa shape index (κ1) is 29.7. The molecule has 2 atom stereocenters. The van der Waals surface area contributed by atoms with Crippen LogP contribution in [0.3, 0.4) is 0 Å². The van der Waals surface area contributed by atoms with Gasteiger partial charge >= 0.3 is 19.5 Å². The van der Waals surface area contributed by atoms with E-state index in [9.17, 15) is 4.89 Å². The molecule has 0 bridgehead atoms. The second-order valence-corrected chi connectivity index (χ2v) is 12.0. The monoisotopic (exact) mass is 472 g/mol. The Labute approximate surface area is 187 Å². The van der Waals surface area contributed by atoms with Gasteiger partial charge in [0.05, 0.1) is 6.10 Å². The maximum Gasteiger partial charge on any atom is 2.00 e. The van der Waals surface area contributed by atoms with Gasteiger partial charge < -0.3 is 21.7 Å². The molecule has 6 heteroatoms. The van der Waals surface area contributed by atoms with Gasteiger partial charge in [0.15, 0.2) is 0 Å². The third-order valence-electron chi connectivity index (χ3n) is 4.79. The van der Waals surface area contributed by atoms with Crippen LogP contribution in [0.25, 0.3) is 0 Å². The van der Waals surface area contributed by atoms with Crippen molar-refractivity contribution in [1.82, 2.24) is 0 Å². The van der Waals surface area contributed by atoms with E-state index in [-0.39, 0.29) is 25.6 Å². The van der Waals surface area contributed by atoms with Crippen molar-refractivity contribution in [3.8, 4) is 0 Å². The molecule has 0 fully saturated rings. The van der Waals surface area contributed by atoms with E-state index in [0.29, 0.717) is 0 Å². The van der Waals surface area contributed by atoms with Crippen molar-refractivity contribution in [2.24, 2.45) is 0 Å². The summed E-state index contributed by atoms with van der Waals surface area (Å²) in [4.78, 5) is 11.7.